The van der Waals surface area contributed by atoms with E-state index in [1.165, 1.54) is 16.2 Å². The summed E-state index contributed by atoms with van der Waals surface area (Å²) in [6.07, 6.45) is 4.57. The molecule has 3 heterocycles. The number of anilines is 1. The van der Waals surface area contributed by atoms with Gasteiger partial charge in [0.25, 0.3) is 0 Å². The second-order valence-corrected chi connectivity index (χ2v) is 6.84. The van der Waals surface area contributed by atoms with Gasteiger partial charge in [-0.3, -0.25) is 4.79 Å². The van der Waals surface area contributed by atoms with E-state index in [-0.39, 0.29) is 12.3 Å². The van der Waals surface area contributed by atoms with Crippen LogP contribution in [0.2, 0.25) is 0 Å². The number of amides is 1. The summed E-state index contributed by atoms with van der Waals surface area (Å²) in [6, 6.07) is 1.92. The van der Waals surface area contributed by atoms with Crippen molar-refractivity contribution in [2.24, 2.45) is 0 Å². The zero-order valence-corrected chi connectivity index (χ0v) is 14.2. The van der Waals surface area contributed by atoms with Crippen LogP contribution >= 0.6 is 22.7 Å². The lowest BCUT2D eigenvalue weighted by atomic mass is 10.3. The van der Waals surface area contributed by atoms with E-state index in [1.807, 2.05) is 23.0 Å². The predicted octanol–water partition coefficient (Wildman–Crippen LogP) is 3.78. The second-order valence-electron chi connectivity index (χ2n) is 4.94. The Morgan fingerprint density at radius 1 is 1.35 bits per heavy atom. The third-order valence-corrected chi connectivity index (χ3v) is 4.75. The summed E-state index contributed by atoms with van der Waals surface area (Å²) in [5.74, 6) is 0.857. The van der Waals surface area contributed by atoms with Gasteiger partial charge in [0.1, 0.15) is 0 Å². The van der Waals surface area contributed by atoms with E-state index in [2.05, 4.69) is 27.4 Å². The lowest BCUT2D eigenvalue weighted by molar-refractivity contribution is -0.116. The highest BCUT2D eigenvalue weighted by Crippen LogP contribution is 2.21. The molecule has 1 amide bonds. The van der Waals surface area contributed by atoms with E-state index in [0.29, 0.717) is 23.3 Å². The van der Waals surface area contributed by atoms with Crippen molar-refractivity contribution in [2.45, 2.75) is 32.6 Å². The molecule has 8 heteroatoms. The molecule has 0 saturated heterocycles. The van der Waals surface area contributed by atoms with Crippen molar-refractivity contribution in [3.63, 3.8) is 0 Å². The highest BCUT2D eigenvalue weighted by atomic mass is 32.1. The Balaban J connectivity index is 1.50. The van der Waals surface area contributed by atoms with Gasteiger partial charge in [-0.2, -0.15) is 11.3 Å². The van der Waals surface area contributed by atoms with Crippen molar-refractivity contribution in [3.05, 3.63) is 33.8 Å². The molecule has 1 N–H and O–H groups in total. The Morgan fingerprint density at radius 3 is 3.04 bits per heavy atom. The van der Waals surface area contributed by atoms with Gasteiger partial charge in [-0.1, -0.05) is 13.3 Å². The molecule has 0 unspecified atom stereocenters. The average molecular weight is 348 g/mol. The van der Waals surface area contributed by atoms with E-state index in [4.69, 9.17) is 4.42 Å². The topological polar surface area (TPSA) is 80.9 Å². The lowest BCUT2D eigenvalue weighted by Crippen LogP contribution is -2.12. The summed E-state index contributed by atoms with van der Waals surface area (Å²) >= 11 is 3.09. The monoisotopic (exact) mass is 348 g/mol. The second kappa shape index (κ2) is 7.47. The van der Waals surface area contributed by atoms with Gasteiger partial charge < -0.3 is 9.73 Å². The van der Waals surface area contributed by atoms with Crippen molar-refractivity contribution >= 4 is 33.7 Å². The van der Waals surface area contributed by atoms with Gasteiger partial charge in [0, 0.05) is 34.9 Å². The molecule has 120 valence electrons. The molecule has 0 spiro atoms. The predicted molar refractivity (Wildman–Crippen MR) is 90.7 cm³/mol. The van der Waals surface area contributed by atoms with Crippen molar-refractivity contribution in [2.75, 3.05) is 5.32 Å². The van der Waals surface area contributed by atoms with Gasteiger partial charge in [-0.05, 0) is 17.9 Å². The molecule has 0 saturated carbocycles. The molecule has 23 heavy (non-hydrogen) atoms. The van der Waals surface area contributed by atoms with E-state index in [0.717, 1.165) is 18.4 Å². The molecule has 0 fully saturated rings. The van der Waals surface area contributed by atoms with Gasteiger partial charge in [0.2, 0.25) is 17.7 Å². The first-order valence-corrected chi connectivity index (χ1v) is 9.10. The first kappa shape index (κ1) is 15.8. The number of hydrogen-bond acceptors (Lipinski definition) is 7. The maximum atomic E-state index is 12.0. The third kappa shape index (κ3) is 4.23. The summed E-state index contributed by atoms with van der Waals surface area (Å²) in [4.78, 5) is 17.3. The molecule has 0 atom stereocenters. The summed E-state index contributed by atoms with van der Waals surface area (Å²) < 4.78 is 5.56. The molecule has 0 bridgehead atoms. The molecule has 0 radical (unpaired) electrons. The maximum absolute atomic E-state index is 12.0. The number of rotatable bonds is 7. The number of thiophene rings is 1. The Labute approximate surface area is 141 Å². The molecular weight excluding hydrogens is 332 g/mol. The fraction of sp³-hybridized carbons (Fsp3) is 0.333. The normalized spacial score (nSPS) is 10.8. The Bertz CT molecular complexity index is 764. The van der Waals surface area contributed by atoms with E-state index in [1.54, 1.807) is 11.3 Å². The molecule has 0 aliphatic carbocycles. The minimum absolute atomic E-state index is 0.0994. The average Bonchev–Trinajstić information content (AvgIpc) is 3.27. The number of nitrogens with zero attached hydrogens (tertiary/aromatic N) is 3. The van der Waals surface area contributed by atoms with Crippen LogP contribution in [0, 0.1) is 0 Å². The van der Waals surface area contributed by atoms with Crippen LogP contribution in [0.1, 0.15) is 30.5 Å². The van der Waals surface area contributed by atoms with Crippen molar-refractivity contribution in [1.29, 1.82) is 0 Å². The van der Waals surface area contributed by atoms with Crippen LogP contribution in [0.25, 0.3) is 11.5 Å². The fourth-order valence-electron chi connectivity index (χ4n) is 1.99. The van der Waals surface area contributed by atoms with Crippen LogP contribution in [0.5, 0.6) is 0 Å². The number of hydrogen-bond donors (Lipinski definition) is 1. The molecule has 3 aromatic rings. The first-order chi connectivity index (χ1) is 11.2. The van der Waals surface area contributed by atoms with Gasteiger partial charge in [0.15, 0.2) is 5.13 Å². The van der Waals surface area contributed by atoms with Crippen molar-refractivity contribution in [1.82, 2.24) is 15.2 Å². The van der Waals surface area contributed by atoms with E-state index >= 15 is 0 Å². The molecular formula is C15H16N4O2S2. The molecule has 6 nitrogen and oxygen atoms in total. The summed E-state index contributed by atoms with van der Waals surface area (Å²) in [7, 11) is 0. The first-order valence-electron chi connectivity index (χ1n) is 7.34. The number of nitrogens with one attached hydrogen (secondary N) is 1. The summed E-state index contributed by atoms with van der Waals surface area (Å²) in [6.45, 7) is 2.12. The molecule has 0 aliphatic rings. The summed E-state index contributed by atoms with van der Waals surface area (Å²) in [5.41, 5.74) is 0.907. The Kier molecular flexibility index (Phi) is 5.14. The lowest BCUT2D eigenvalue weighted by Gasteiger charge is -1.99. The van der Waals surface area contributed by atoms with Crippen LogP contribution in [-0.4, -0.2) is 21.1 Å². The highest BCUT2D eigenvalue weighted by Gasteiger charge is 2.12. The zero-order chi connectivity index (χ0) is 16.1. The fourth-order valence-corrected chi connectivity index (χ4v) is 3.55. The number of carbonyl (C=O) groups excluding carboxylic acids is 1. The summed E-state index contributed by atoms with van der Waals surface area (Å²) in [5, 5.41) is 15.3. The third-order valence-electron chi connectivity index (χ3n) is 3.10. The Hall–Kier alpha value is -2.06. The van der Waals surface area contributed by atoms with Crippen LogP contribution in [0.4, 0.5) is 5.13 Å². The standard InChI is InChI=1S/C15H16N4O2S2/c1-2-3-11-8-16-15(23-11)17-12(20)4-5-13-18-19-14(21-13)10-6-7-22-9-10/h6-9H,2-5H2,1H3,(H,16,17,20). The smallest absolute Gasteiger partial charge is 0.248 e. The molecule has 0 aromatic carbocycles. The van der Waals surface area contributed by atoms with Gasteiger partial charge >= 0.3 is 0 Å². The van der Waals surface area contributed by atoms with E-state index in [9.17, 15) is 4.79 Å². The number of aryl methyl sites for hydroxylation is 2. The molecule has 0 aliphatic heterocycles. The minimum atomic E-state index is -0.0994. The van der Waals surface area contributed by atoms with E-state index < -0.39 is 0 Å². The number of aromatic nitrogens is 3. The van der Waals surface area contributed by atoms with Crippen LogP contribution in [0.3, 0.4) is 0 Å². The van der Waals surface area contributed by atoms with Crippen molar-refractivity contribution in [3.8, 4) is 11.5 Å². The maximum Gasteiger partial charge on any atom is 0.248 e. The highest BCUT2D eigenvalue weighted by molar-refractivity contribution is 7.15. The minimum Gasteiger partial charge on any atom is -0.421 e. The SMILES string of the molecule is CCCc1cnc(NC(=O)CCc2nnc(-c3ccsc3)o2)s1. The van der Waals surface area contributed by atoms with Crippen LogP contribution < -0.4 is 5.32 Å². The van der Waals surface area contributed by atoms with Crippen molar-refractivity contribution < 1.29 is 9.21 Å². The number of thiazole rings is 1. The van der Waals surface area contributed by atoms with Crippen LogP contribution in [-0.2, 0) is 17.6 Å². The number of carbonyl (C=O) groups is 1. The molecule has 3 rings (SSSR count). The van der Waals surface area contributed by atoms with Gasteiger partial charge in [-0.15, -0.1) is 21.5 Å². The quantitative estimate of drug-likeness (QED) is 0.703. The molecule has 3 aromatic heterocycles. The van der Waals surface area contributed by atoms with Gasteiger partial charge in [-0.25, -0.2) is 4.98 Å². The van der Waals surface area contributed by atoms with Gasteiger partial charge in [0.05, 0.1) is 0 Å². The largest absolute Gasteiger partial charge is 0.421 e. The van der Waals surface area contributed by atoms with Crippen LogP contribution in [0.15, 0.2) is 27.4 Å². The Morgan fingerprint density at radius 2 is 2.26 bits per heavy atom. The zero-order valence-electron chi connectivity index (χ0n) is 12.6.